The van der Waals surface area contributed by atoms with E-state index in [9.17, 15) is 39.6 Å². The molecule has 0 saturated carbocycles. The van der Waals surface area contributed by atoms with Gasteiger partial charge in [-0.3, -0.25) is 4.79 Å². The van der Waals surface area contributed by atoms with E-state index in [2.05, 4.69) is 4.72 Å². The number of ether oxygens (including phenoxy) is 1. The highest BCUT2D eigenvalue weighted by Crippen LogP contribution is 2.37. The summed E-state index contributed by atoms with van der Waals surface area (Å²) in [5, 5.41) is 2.01. The summed E-state index contributed by atoms with van der Waals surface area (Å²) < 4.78 is 113. The Bertz CT molecular complexity index is 1390. The number of hydrogen-bond donors (Lipinski definition) is 2. The summed E-state index contributed by atoms with van der Waals surface area (Å²) >= 11 is 0. The van der Waals surface area contributed by atoms with Gasteiger partial charge in [-0.1, -0.05) is 30.3 Å². The van der Waals surface area contributed by atoms with Crippen LogP contribution in [0.1, 0.15) is 29.2 Å². The molecule has 3 aromatic carbocycles. The molecule has 0 heterocycles. The van der Waals surface area contributed by atoms with Crippen molar-refractivity contribution in [2.24, 2.45) is 0 Å². The molecule has 1 atom stereocenters. The zero-order chi connectivity index (χ0) is 29.0. The number of halogens is 6. The molecule has 0 saturated heterocycles. The second kappa shape index (κ2) is 11.7. The van der Waals surface area contributed by atoms with E-state index in [-0.39, 0.29) is 17.4 Å². The lowest BCUT2D eigenvalue weighted by molar-refractivity contribution is -0.143. The number of aryl methyl sites for hydroxylation is 1. The average Bonchev–Trinajstić information content (AvgIpc) is 2.84. The smallest absolute Gasteiger partial charge is 0.416 e. The maximum atomic E-state index is 13.3. The van der Waals surface area contributed by atoms with Crippen LogP contribution in [-0.2, 0) is 33.6 Å². The van der Waals surface area contributed by atoms with Crippen molar-refractivity contribution in [3.63, 3.8) is 0 Å². The lowest BCUT2D eigenvalue weighted by Crippen LogP contribution is -2.45. The van der Waals surface area contributed by atoms with Crippen LogP contribution in [0.5, 0.6) is 5.75 Å². The third-order valence-electron chi connectivity index (χ3n) is 5.51. The van der Waals surface area contributed by atoms with E-state index in [0.717, 1.165) is 0 Å². The van der Waals surface area contributed by atoms with Crippen LogP contribution in [0.2, 0.25) is 0 Å². The van der Waals surface area contributed by atoms with Crippen LogP contribution in [0.25, 0.3) is 0 Å². The molecule has 0 aromatic heterocycles. The number of carbonyl (C=O) groups is 1. The summed E-state index contributed by atoms with van der Waals surface area (Å²) in [5.74, 6) is -0.711. The van der Waals surface area contributed by atoms with Gasteiger partial charge in [-0.05, 0) is 67.8 Å². The summed E-state index contributed by atoms with van der Waals surface area (Å²) in [7, 11) is -4.36. The first-order valence-electron chi connectivity index (χ1n) is 11.5. The standard InChI is InChI=1S/C26H24F6N2O4S/c1-3-38-23-10-9-21(11-16(23)2)39(36,37)34-22(12-17-7-5-4-6-8-17)24(35)33-20-14-18(25(27,28)29)13-19(15-20)26(30,31)32/h4-11,13-15,22,34H,3,12H2,1-2H3,(H,33,35). The van der Waals surface area contributed by atoms with Crippen molar-refractivity contribution in [3.8, 4) is 5.75 Å². The van der Waals surface area contributed by atoms with Gasteiger partial charge in [0.05, 0.1) is 22.6 Å². The van der Waals surface area contributed by atoms with Crippen molar-refractivity contribution in [3.05, 3.63) is 89.0 Å². The number of benzene rings is 3. The Morgan fingerprint density at radius 3 is 2.00 bits per heavy atom. The molecule has 1 unspecified atom stereocenters. The number of hydrogen-bond acceptors (Lipinski definition) is 4. The number of amides is 1. The van der Waals surface area contributed by atoms with E-state index >= 15 is 0 Å². The van der Waals surface area contributed by atoms with Gasteiger partial charge in [0, 0.05) is 5.69 Å². The van der Waals surface area contributed by atoms with E-state index in [1.807, 2.05) is 5.32 Å². The van der Waals surface area contributed by atoms with Crippen molar-refractivity contribution in [2.45, 2.75) is 43.6 Å². The molecule has 1 amide bonds. The predicted molar refractivity (Wildman–Crippen MR) is 132 cm³/mol. The van der Waals surface area contributed by atoms with Crippen molar-refractivity contribution in [2.75, 3.05) is 11.9 Å². The Morgan fingerprint density at radius 2 is 1.49 bits per heavy atom. The van der Waals surface area contributed by atoms with Gasteiger partial charge in [0.1, 0.15) is 11.8 Å². The number of carbonyl (C=O) groups excluding carboxylic acids is 1. The molecule has 0 bridgehead atoms. The van der Waals surface area contributed by atoms with Gasteiger partial charge in [0.2, 0.25) is 15.9 Å². The SMILES string of the molecule is CCOc1ccc(S(=O)(=O)NC(Cc2ccccc2)C(=O)Nc2cc(C(F)(F)F)cc(C(F)(F)F)c2)cc1C. The number of nitrogens with one attached hydrogen (secondary N) is 2. The van der Waals surface area contributed by atoms with Gasteiger partial charge in [-0.15, -0.1) is 0 Å². The summed E-state index contributed by atoms with van der Waals surface area (Å²) in [6.45, 7) is 3.71. The van der Waals surface area contributed by atoms with Crippen molar-refractivity contribution in [1.29, 1.82) is 0 Å². The van der Waals surface area contributed by atoms with Gasteiger partial charge < -0.3 is 10.1 Å². The van der Waals surface area contributed by atoms with E-state index in [1.54, 1.807) is 44.2 Å². The largest absolute Gasteiger partial charge is 0.494 e. The van der Waals surface area contributed by atoms with Gasteiger partial charge in [0.25, 0.3) is 0 Å². The van der Waals surface area contributed by atoms with Crippen LogP contribution in [0.3, 0.4) is 0 Å². The average molecular weight is 575 g/mol. The van der Waals surface area contributed by atoms with E-state index < -0.39 is 51.1 Å². The number of rotatable bonds is 9. The molecule has 13 heteroatoms. The van der Waals surface area contributed by atoms with Gasteiger partial charge in [-0.2, -0.15) is 31.1 Å². The second-order valence-electron chi connectivity index (χ2n) is 8.51. The predicted octanol–water partition coefficient (Wildman–Crippen LogP) is 5.96. The number of anilines is 1. The Morgan fingerprint density at radius 1 is 0.897 bits per heavy atom. The zero-order valence-corrected chi connectivity index (χ0v) is 21.5. The highest BCUT2D eigenvalue weighted by molar-refractivity contribution is 7.89. The quantitative estimate of drug-likeness (QED) is 0.309. The molecule has 2 N–H and O–H groups in total. The maximum Gasteiger partial charge on any atom is 0.416 e. The minimum atomic E-state index is -5.13. The Balaban J connectivity index is 1.97. The fraction of sp³-hybridized carbons (Fsp3) is 0.269. The van der Waals surface area contributed by atoms with Gasteiger partial charge >= 0.3 is 12.4 Å². The first-order chi connectivity index (χ1) is 18.1. The van der Waals surface area contributed by atoms with Crippen LogP contribution in [-0.4, -0.2) is 27.0 Å². The summed E-state index contributed by atoms with van der Waals surface area (Å²) in [5.41, 5.74) is -3.07. The summed E-state index contributed by atoms with van der Waals surface area (Å²) in [6.07, 6.45) is -10.5. The molecule has 3 rings (SSSR count). The number of sulfonamides is 1. The van der Waals surface area contributed by atoms with E-state index in [4.69, 9.17) is 4.74 Å². The Hall–Kier alpha value is -3.58. The fourth-order valence-corrected chi connectivity index (χ4v) is 4.94. The minimum absolute atomic E-state index is 0.0753. The van der Waals surface area contributed by atoms with Crippen LogP contribution in [0.4, 0.5) is 32.0 Å². The van der Waals surface area contributed by atoms with Crippen LogP contribution in [0, 0.1) is 6.92 Å². The van der Waals surface area contributed by atoms with Crippen molar-refractivity contribution < 1.29 is 44.3 Å². The third-order valence-corrected chi connectivity index (χ3v) is 6.98. The molecule has 0 fully saturated rings. The van der Waals surface area contributed by atoms with E-state index in [0.29, 0.717) is 35.6 Å². The molecule has 0 radical (unpaired) electrons. The second-order valence-corrected chi connectivity index (χ2v) is 10.2. The molecule has 0 aliphatic carbocycles. The minimum Gasteiger partial charge on any atom is -0.494 e. The topological polar surface area (TPSA) is 84.5 Å². The van der Waals surface area contributed by atoms with Crippen LogP contribution < -0.4 is 14.8 Å². The molecular weight excluding hydrogens is 550 g/mol. The molecular formula is C26H24F6N2O4S. The highest BCUT2D eigenvalue weighted by Gasteiger charge is 2.37. The molecule has 6 nitrogen and oxygen atoms in total. The Kier molecular flexibility index (Phi) is 8.96. The molecule has 39 heavy (non-hydrogen) atoms. The van der Waals surface area contributed by atoms with Crippen LogP contribution in [0.15, 0.2) is 71.6 Å². The first kappa shape index (κ1) is 30.0. The monoisotopic (exact) mass is 574 g/mol. The first-order valence-corrected chi connectivity index (χ1v) is 13.0. The Labute approximate surface area is 221 Å². The number of alkyl halides is 6. The normalized spacial score (nSPS) is 13.1. The van der Waals surface area contributed by atoms with Gasteiger partial charge in [-0.25, -0.2) is 8.42 Å². The zero-order valence-electron chi connectivity index (χ0n) is 20.7. The van der Waals surface area contributed by atoms with Crippen molar-refractivity contribution >= 4 is 21.6 Å². The third kappa shape index (κ3) is 7.96. The van der Waals surface area contributed by atoms with Gasteiger partial charge in [0.15, 0.2) is 0 Å². The lowest BCUT2D eigenvalue weighted by atomic mass is 10.1. The summed E-state index contributed by atoms with van der Waals surface area (Å²) in [6, 6.07) is 11.1. The lowest BCUT2D eigenvalue weighted by Gasteiger charge is -2.20. The molecule has 0 aliphatic rings. The fourth-order valence-electron chi connectivity index (χ4n) is 3.66. The molecule has 210 valence electrons. The molecule has 0 aliphatic heterocycles. The van der Waals surface area contributed by atoms with Crippen molar-refractivity contribution in [1.82, 2.24) is 4.72 Å². The highest BCUT2D eigenvalue weighted by atomic mass is 32.2. The maximum absolute atomic E-state index is 13.3. The van der Waals surface area contributed by atoms with E-state index in [1.165, 1.54) is 18.2 Å². The summed E-state index contributed by atoms with van der Waals surface area (Å²) in [4.78, 5) is 12.9. The van der Waals surface area contributed by atoms with Crippen LogP contribution >= 0.6 is 0 Å². The molecule has 0 spiro atoms. The molecule has 3 aromatic rings.